The zero-order chi connectivity index (χ0) is 15.6. The van der Waals surface area contributed by atoms with Crippen LogP contribution in [0.1, 0.15) is 42.7 Å². The van der Waals surface area contributed by atoms with Crippen molar-refractivity contribution in [2.45, 2.75) is 44.5 Å². The lowest BCUT2D eigenvalue weighted by Crippen LogP contribution is -2.54. The van der Waals surface area contributed by atoms with Crippen molar-refractivity contribution in [2.24, 2.45) is 0 Å². The third-order valence-corrected chi connectivity index (χ3v) is 4.71. The number of piperidine rings is 1. The molecule has 4 nitrogen and oxygen atoms in total. The van der Waals surface area contributed by atoms with E-state index < -0.39 is 0 Å². The Kier molecular flexibility index (Phi) is 5.17. The summed E-state index contributed by atoms with van der Waals surface area (Å²) in [6.45, 7) is 7.88. The number of nitrogens with one attached hydrogen (secondary N) is 1. The number of hydrogen-bond donors (Lipinski definition) is 2. The highest BCUT2D eigenvalue weighted by Crippen LogP contribution is 2.25. The minimum Gasteiger partial charge on any atom is -0.347 e. The Morgan fingerprint density at radius 2 is 2.14 bits per heavy atom. The molecule has 21 heavy (non-hydrogen) atoms. The Hall–Kier alpha value is -0.780. The predicted molar refractivity (Wildman–Crippen MR) is 89.1 cm³/mol. The van der Waals surface area contributed by atoms with Gasteiger partial charge in [0.2, 0.25) is 0 Å². The fraction of sp³-hybridized carbons (Fsp3) is 0.600. The second-order valence-corrected chi connectivity index (χ2v) is 7.14. The van der Waals surface area contributed by atoms with Gasteiger partial charge in [-0.15, -0.1) is 0 Å². The molecule has 1 atom stereocenters. The van der Waals surface area contributed by atoms with Gasteiger partial charge in [0, 0.05) is 35.9 Å². The highest BCUT2D eigenvalue weighted by Gasteiger charge is 2.33. The van der Waals surface area contributed by atoms with E-state index in [4.69, 9.17) is 11.6 Å². The van der Waals surface area contributed by atoms with Gasteiger partial charge in [-0.2, -0.15) is 12.6 Å². The molecule has 0 aromatic carbocycles. The molecule has 2 heterocycles. The molecule has 1 unspecified atom stereocenters. The topological polar surface area (TPSA) is 45.2 Å². The second kappa shape index (κ2) is 6.55. The monoisotopic (exact) mass is 327 g/mol. The van der Waals surface area contributed by atoms with Crippen LogP contribution in [0.5, 0.6) is 0 Å². The van der Waals surface area contributed by atoms with Crippen LogP contribution in [0, 0.1) is 6.92 Å². The first-order valence-electron chi connectivity index (χ1n) is 7.17. The lowest BCUT2D eigenvalue weighted by Gasteiger charge is -2.41. The quantitative estimate of drug-likeness (QED) is 0.839. The van der Waals surface area contributed by atoms with Crippen molar-refractivity contribution >= 4 is 30.1 Å². The number of pyridine rings is 1. The normalized spacial score (nSPS) is 20.0. The van der Waals surface area contributed by atoms with Crippen LogP contribution in [-0.2, 0) is 0 Å². The Bertz CT molecular complexity index is 528. The van der Waals surface area contributed by atoms with Gasteiger partial charge in [0.25, 0.3) is 5.91 Å². The van der Waals surface area contributed by atoms with E-state index in [2.05, 4.69) is 41.7 Å². The molecular weight excluding hydrogens is 306 g/mol. The largest absolute Gasteiger partial charge is 0.347 e. The van der Waals surface area contributed by atoms with E-state index in [0.717, 1.165) is 31.6 Å². The highest BCUT2D eigenvalue weighted by molar-refractivity contribution is 7.80. The van der Waals surface area contributed by atoms with Crippen molar-refractivity contribution in [2.75, 3.05) is 13.1 Å². The Labute approximate surface area is 136 Å². The molecule has 1 fully saturated rings. The fourth-order valence-electron chi connectivity index (χ4n) is 2.57. The number of likely N-dealkylation sites (tertiary alicyclic amines) is 1. The van der Waals surface area contributed by atoms with E-state index in [0.29, 0.717) is 10.6 Å². The molecule has 1 amide bonds. The van der Waals surface area contributed by atoms with Crippen molar-refractivity contribution in [3.8, 4) is 0 Å². The number of thiol groups is 1. The van der Waals surface area contributed by atoms with Crippen molar-refractivity contribution in [1.29, 1.82) is 0 Å². The molecular formula is C15H22ClN3OS. The third-order valence-electron chi connectivity index (χ3n) is 4.08. The van der Waals surface area contributed by atoms with Gasteiger partial charge in [-0.05, 0) is 39.7 Å². The summed E-state index contributed by atoms with van der Waals surface area (Å²) in [5.41, 5.74) is 1.08. The van der Waals surface area contributed by atoms with Crippen LogP contribution < -0.4 is 5.32 Å². The number of aromatic nitrogens is 1. The SMILES string of the molecule is Cc1cc(C(=O)NC2(C)CCN(C(C)S)CC2)c(Cl)cn1. The van der Waals surface area contributed by atoms with Gasteiger partial charge in [-0.1, -0.05) is 11.6 Å². The standard InChI is InChI=1S/C15H22ClN3OS/c1-10-8-12(13(16)9-17-10)14(20)18-15(3)4-6-19(7-5-15)11(2)21/h8-9,11,21H,4-7H2,1-3H3,(H,18,20). The van der Waals surface area contributed by atoms with E-state index in [1.807, 2.05) is 6.92 Å². The number of halogens is 1. The zero-order valence-electron chi connectivity index (χ0n) is 12.7. The Balaban J connectivity index is 2.04. The van der Waals surface area contributed by atoms with Gasteiger partial charge < -0.3 is 5.32 Å². The number of amides is 1. The molecule has 0 aliphatic carbocycles. The minimum absolute atomic E-state index is 0.125. The maximum absolute atomic E-state index is 12.5. The number of carbonyl (C=O) groups excluding carboxylic acids is 1. The van der Waals surface area contributed by atoms with E-state index in [1.165, 1.54) is 6.20 Å². The Morgan fingerprint density at radius 3 is 2.71 bits per heavy atom. The first-order chi connectivity index (χ1) is 9.81. The van der Waals surface area contributed by atoms with Crippen LogP contribution >= 0.6 is 24.2 Å². The van der Waals surface area contributed by atoms with Crippen LogP contribution in [-0.4, -0.2) is 39.8 Å². The summed E-state index contributed by atoms with van der Waals surface area (Å²) in [5.74, 6) is -0.125. The van der Waals surface area contributed by atoms with Crippen molar-refractivity contribution in [1.82, 2.24) is 15.2 Å². The van der Waals surface area contributed by atoms with Crippen LogP contribution in [0.4, 0.5) is 0 Å². The molecule has 116 valence electrons. The lowest BCUT2D eigenvalue weighted by atomic mass is 9.89. The average Bonchev–Trinajstić information content (AvgIpc) is 2.41. The number of rotatable bonds is 3. The fourth-order valence-corrected chi connectivity index (χ4v) is 2.99. The first kappa shape index (κ1) is 16.6. The van der Waals surface area contributed by atoms with E-state index >= 15 is 0 Å². The summed E-state index contributed by atoms with van der Waals surface area (Å²) < 4.78 is 0. The first-order valence-corrected chi connectivity index (χ1v) is 8.07. The summed E-state index contributed by atoms with van der Waals surface area (Å²) in [4.78, 5) is 18.8. The molecule has 1 aliphatic heterocycles. The molecule has 1 aliphatic rings. The lowest BCUT2D eigenvalue weighted by molar-refractivity contribution is 0.0830. The van der Waals surface area contributed by atoms with E-state index in [-0.39, 0.29) is 16.8 Å². The molecule has 0 radical (unpaired) electrons. The van der Waals surface area contributed by atoms with Gasteiger partial charge in [-0.3, -0.25) is 14.7 Å². The zero-order valence-corrected chi connectivity index (χ0v) is 14.3. The van der Waals surface area contributed by atoms with Gasteiger partial charge in [0.05, 0.1) is 10.6 Å². The van der Waals surface area contributed by atoms with Crippen molar-refractivity contribution in [3.05, 3.63) is 28.5 Å². The molecule has 1 aromatic heterocycles. The Morgan fingerprint density at radius 1 is 1.52 bits per heavy atom. The van der Waals surface area contributed by atoms with Gasteiger partial charge in [0.1, 0.15) is 0 Å². The van der Waals surface area contributed by atoms with Crippen LogP contribution in [0.3, 0.4) is 0 Å². The van der Waals surface area contributed by atoms with Gasteiger partial charge >= 0.3 is 0 Å². The van der Waals surface area contributed by atoms with Crippen LogP contribution in [0.2, 0.25) is 5.02 Å². The van der Waals surface area contributed by atoms with Crippen LogP contribution in [0.15, 0.2) is 12.3 Å². The maximum atomic E-state index is 12.5. The maximum Gasteiger partial charge on any atom is 0.253 e. The minimum atomic E-state index is -0.198. The van der Waals surface area contributed by atoms with Gasteiger partial charge in [-0.25, -0.2) is 0 Å². The summed E-state index contributed by atoms with van der Waals surface area (Å²) in [5, 5.41) is 3.78. The number of hydrogen-bond acceptors (Lipinski definition) is 4. The smallest absolute Gasteiger partial charge is 0.253 e. The summed E-state index contributed by atoms with van der Waals surface area (Å²) in [6, 6.07) is 1.73. The molecule has 0 spiro atoms. The van der Waals surface area contributed by atoms with Crippen LogP contribution in [0.25, 0.3) is 0 Å². The number of carbonyl (C=O) groups is 1. The molecule has 1 aromatic rings. The van der Waals surface area contributed by atoms with Crippen molar-refractivity contribution in [3.63, 3.8) is 0 Å². The van der Waals surface area contributed by atoms with Crippen molar-refractivity contribution < 1.29 is 4.79 Å². The van der Waals surface area contributed by atoms with E-state index in [9.17, 15) is 4.79 Å². The average molecular weight is 328 g/mol. The summed E-state index contributed by atoms with van der Waals surface area (Å²) in [6.07, 6.45) is 3.34. The molecule has 1 N–H and O–H groups in total. The molecule has 0 saturated carbocycles. The molecule has 0 bridgehead atoms. The molecule has 6 heteroatoms. The second-order valence-electron chi connectivity index (χ2n) is 5.99. The molecule has 2 rings (SSSR count). The summed E-state index contributed by atoms with van der Waals surface area (Å²) in [7, 11) is 0. The predicted octanol–water partition coefficient (Wildman–Crippen LogP) is 2.90. The molecule has 1 saturated heterocycles. The van der Waals surface area contributed by atoms with E-state index in [1.54, 1.807) is 6.07 Å². The number of nitrogens with zero attached hydrogens (tertiary/aromatic N) is 2. The number of aryl methyl sites for hydroxylation is 1. The third kappa shape index (κ3) is 4.11. The highest BCUT2D eigenvalue weighted by atomic mass is 35.5. The van der Waals surface area contributed by atoms with Gasteiger partial charge in [0.15, 0.2) is 0 Å². The summed E-state index contributed by atoms with van der Waals surface area (Å²) >= 11 is 10.5.